The molecule has 2 aromatic carbocycles. The molecule has 0 saturated carbocycles. The second-order valence-corrected chi connectivity index (χ2v) is 7.57. The Balaban J connectivity index is 2.44. The van der Waals surface area contributed by atoms with Crippen LogP contribution in [0.2, 0.25) is 5.02 Å². The van der Waals surface area contributed by atoms with Crippen molar-refractivity contribution in [3.8, 4) is 5.75 Å². The van der Waals surface area contributed by atoms with E-state index in [1.165, 1.54) is 24.3 Å². The molecule has 0 aliphatic carbocycles. The third-order valence-corrected chi connectivity index (χ3v) is 5.50. The summed E-state index contributed by atoms with van der Waals surface area (Å²) in [5.74, 6) is -0.644. The second-order valence-electron chi connectivity index (χ2n) is 5.27. The van der Waals surface area contributed by atoms with Crippen LogP contribution >= 0.6 is 11.6 Å². The van der Waals surface area contributed by atoms with Gasteiger partial charge in [0.2, 0.25) is 0 Å². The Labute approximate surface area is 157 Å². The van der Waals surface area contributed by atoms with Gasteiger partial charge in [-0.3, -0.25) is 9.10 Å². The number of carbonyl (C=O) groups is 1. The van der Waals surface area contributed by atoms with Gasteiger partial charge in [0.25, 0.3) is 10.0 Å². The zero-order valence-electron chi connectivity index (χ0n) is 13.8. The van der Waals surface area contributed by atoms with Gasteiger partial charge in [0.15, 0.2) is 0 Å². The maximum Gasteiger partial charge on any atom is 0.305 e. The van der Waals surface area contributed by atoms with E-state index in [0.29, 0.717) is 16.5 Å². The summed E-state index contributed by atoms with van der Waals surface area (Å²) < 4.78 is 32.5. The number of halogens is 1. The summed E-state index contributed by atoms with van der Waals surface area (Å²) in [5, 5.41) is 9.38. The van der Waals surface area contributed by atoms with E-state index in [4.69, 9.17) is 21.4 Å². The molecule has 138 valence electrons. The molecule has 0 amide bonds. The first-order valence-electron chi connectivity index (χ1n) is 7.68. The number of carboxylic acids is 1. The van der Waals surface area contributed by atoms with E-state index < -0.39 is 16.0 Å². The summed E-state index contributed by atoms with van der Waals surface area (Å²) in [7, 11) is -3.97. The lowest BCUT2D eigenvalue weighted by Crippen LogP contribution is -2.33. The van der Waals surface area contributed by atoms with Crippen LogP contribution in [-0.4, -0.2) is 32.6 Å². The van der Waals surface area contributed by atoms with Crippen molar-refractivity contribution in [2.45, 2.75) is 11.3 Å². The minimum absolute atomic E-state index is 0.0182. The van der Waals surface area contributed by atoms with Crippen LogP contribution in [0.4, 0.5) is 5.69 Å². The number of hydrogen-bond donors (Lipinski definition) is 1. The Bertz CT molecular complexity index is 881. The predicted octanol–water partition coefficient (Wildman–Crippen LogP) is 3.57. The molecule has 8 heteroatoms. The SMILES string of the molecule is C=CCOc1cccc(N(CCC(=O)O)S(=O)(=O)c2ccc(Cl)cc2)c1. The van der Waals surface area contributed by atoms with Gasteiger partial charge >= 0.3 is 5.97 Å². The highest BCUT2D eigenvalue weighted by Crippen LogP contribution is 2.28. The third kappa shape index (κ3) is 5.00. The van der Waals surface area contributed by atoms with Crippen molar-refractivity contribution in [3.05, 3.63) is 66.2 Å². The Morgan fingerprint density at radius 2 is 1.92 bits per heavy atom. The topological polar surface area (TPSA) is 83.9 Å². The molecule has 2 rings (SSSR count). The number of ether oxygens (including phenoxy) is 1. The molecule has 0 radical (unpaired) electrons. The molecule has 0 spiro atoms. The quantitative estimate of drug-likeness (QED) is 0.656. The van der Waals surface area contributed by atoms with Crippen molar-refractivity contribution >= 4 is 33.3 Å². The van der Waals surface area contributed by atoms with Gasteiger partial charge in [0.05, 0.1) is 17.0 Å². The smallest absolute Gasteiger partial charge is 0.305 e. The van der Waals surface area contributed by atoms with Gasteiger partial charge < -0.3 is 9.84 Å². The molecule has 0 atom stereocenters. The Kier molecular flexibility index (Phi) is 6.65. The Morgan fingerprint density at radius 1 is 1.23 bits per heavy atom. The van der Waals surface area contributed by atoms with Crippen molar-refractivity contribution in [2.75, 3.05) is 17.5 Å². The zero-order chi connectivity index (χ0) is 19.2. The van der Waals surface area contributed by atoms with Crippen molar-refractivity contribution < 1.29 is 23.1 Å². The molecule has 0 aliphatic rings. The van der Waals surface area contributed by atoms with Crippen molar-refractivity contribution in [2.24, 2.45) is 0 Å². The summed E-state index contributed by atoms with van der Waals surface area (Å²) in [6, 6.07) is 12.1. The highest BCUT2D eigenvalue weighted by Gasteiger charge is 2.25. The minimum Gasteiger partial charge on any atom is -0.489 e. The van der Waals surface area contributed by atoms with Crippen LogP contribution in [0.15, 0.2) is 66.1 Å². The highest BCUT2D eigenvalue weighted by atomic mass is 35.5. The maximum absolute atomic E-state index is 13.0. The first-order valence-corrected chi connectivity index (χ1v) is 9.50. The maximum atomic E-state index is 13.0. The van der Waals surface area contributed by atoms with Crippen LogP contribution < -0.4 is 9.04 Å². The number of rotatable bonds is 9. The van der Waals surface area contributed by atoms with Gasteiger partial charge in [-0.05, 0) is 36.4 Å². The van der Waals surface area contributed by atoms with E-state index in [1.54, 1.807) is 30.3 Å². The van der Waals surface area contributed by atoms with E-state index >= 15 is 0 Å². The second kappa shape index (κ2) is 8.73. The number of hydrogen-bond acceptors (Lipinski definition) is 4. The lowest BCUT2D eigenvalue weighted by atomic mass is 10.3. The lowest BCUT2D eigenvalue weighted by molar-refractivity contribution is -0.136. The fraction of sp³-hybridized carbons (Fsp3) is 0.167. The van der Waals surface area contributed by atoms with Crippen molar-refractivity contribution in [1.29, 1.82) is 0 Å². The largest absolute Gasteiger partial charge is 0.489 e. The number of sulfonamides is 1. The first kappa shape index (κ1) is 19.8. The van der Waals surface area contributed by atoms with Gasteiger partial charge in [-0.15, -0.1) is 0 Å². The molecule has 0 aliphatic heterocycles. The summed E-state index contributed by atoms with van der Waals surface area (Å²) in [6.45, 7) is 3.61. The van der Waals surface area contributed by atoms with Crippen LogP contribution in [-0.2, 0) is 14.8 Å². The summed E-state index contributed by atoms with van der Waals surface area (Å²) >= 11 is 5.82. The van der Waals surface area contributed by atoms with Crippen LogP contribution in [0.25, 0.3) is 0 Å². The monoisotopic (exact) mass is 395 g/mol. The predicted molar refractivity (Wildman–Crippen MR) is 100 cm³/mol. The van der Waals surface area contributed by atoms with Gasteiger partial charge in [-0.2, -0.15) is 0 Å². The molecule has 26 heavy (non-hydrogen) atoms. The van der Waals surface area contributed by atoms with Gasteiger partial charge in [-0.25, -0.2) is 8.42 Å². The molecule has 1 N–H and O–H groups in total. The number of carboxylic acid groups (broad SMARTS) is 1. The molecule has 0 bridgehead atoms. The molecule has 2 aromatic rings. The Hall–Kier alpha value is -2.51. The van der Waals surface area contributed by atoms with E-state index in [9.17, 15) is 13.2 Å². The van der Waals surface area contributed by atoms with E-state index in [-0.39, 0.29) is 24.5 Å². The van der Waals surface area contributed by atoms with E-state index in [2.05, 4.69) is 6.58 Å². The van der Waals surface area contributed by atoms with Crippen molar-refractivity contribution in [3.63, 3.8) is 0 Å². The van der Waals surface area contributed by atoms with Gasteiger partial charge in [0, 0.05) is 17.6 Å². The molecule has 6 nitrogen and oxygen atoms in total. The lowest BCUT2D eigenvalue weighted by Gasteiger charge is -2.24. The normalized spacial score (nSPS) is 11.0. The van der Waals surface area contributed by atoms with E-state index in [0.717, 1.165) is 4.31 Å². The van der Waals surface area contributed by atoms with Crippen LogP contribution in [0, 0.1) is 0 Å². The van der Waals surface area contributed by atoms with Crippen LogP contribution in [0.5, 0.6) is 5.75 Å². The molecular weight excluding hydrogens is 378 g/mol. The zero-order valence-corrected chi connectivity index (χ0v) is 15.4. The minimum atomic E-state index is -3.97. The fourth-order valence-electron chi connectivity index (χ4n) is 2.20. The van der Waals surface area contributed by atoms with Crippen LogP contribution in [0.3, 0.4) is 0 Å². The number of anilines is 1. The molecule has 0 aromatic heterocycles. The molecule has 0 saturated heterocycles. The summed E-state index contributed by atoms with van der Waals surface area (Å²) in [5.41, 5.74) is 0.308. The molecule has 0 unspecified atom stereocenters. The number of nitrogens with zero attached hydrogens (tertiary/aromatic N) is 1. The van der Waals surface area contributed by atoms with Gasteiger partial charge in [0.1, 0.15) is 12.4 Å². The summed E-state index contributed by atoms with van der Waals surface area (Å²) in [6.07, 6.45) is 1.23. The summed E-state index contributed by atoms with van der Waals surface area (Å²) in [4.78, 5) is 11.0. The van der Waals surface area contributed by atoms with E-state index in [1.807, 2.05) is 0 Å². The first-order chi connectivity index (χ1) is 12.3. The molecular formula is C18H18ClNO5S. The third-order valence-electron chi connectivity index (χ3n) is 3.40. The number of benzene rings is 2. The average molecular weight is 396 g/mol. The Morgan fingerprint density at radius 3 is 2.54 bits per heavy atom. The van der Waals surface area contributed by atoms with Crippen LogP contribution in [0.1, 0.15) is 6.42 Å². The highest BCUT2D eigenvalue weighted by molar-refractivity contribution is 7.92. The molecule has 0 heterocycles. The van der Waals surface area contributed by atoms with Gasteiger partial charge in [-0.1, -0.05) is 30.3 Å². The fourth-order valence-corrected chi connectivity index (χ4v) is 3.79. The number of aliphatic carboxylic acids is 1. The standard InChI is InChI=1S/C18H18ClNO5S/c1-2-12-25-16-5-3-4-15(13-16)20(11-10-18(21)22)26(23,24)17-8-6-14(19)7-9-17/h2-9,13H,1,10-12H2,(H,21,22). The van der Waals surface area contributed by atoms with Crippen molar-refractivity contribution in [1.82, 2.24) is 0 Å². The average Bonchev–Trinajstić information content (AvgIpc) is 2.60. The molecule has 0 fully saturated rings.